The van der Waals surface area contributed by atoms with Crippen molar-refractivity contribution in [2.24, 2.45) is 4.99 Å². The Kier molecular flexibility index (Phi) is 4.01. The maximum absolute atomic E-state index is 9.85. The van der Waals surface area contributed by atoms with Crippen molar-refractivity contribution in [1.29, 1.82) is 0 Å². The Morgan fingerprint density at radius 2 is 2.27 bits per heavy atom. The molecule has 9 nitrogen and oxygen atoms in total. The zero-order chi connectivity index (χ0) is 15.7. The molecule has 0 unspecified atom stereocenters. The van der Waals surface area contributed by atoms with E-state index in [1.165, 1.54) is 6.33 Å². The largest absolute Gasteiger partial charge is 0.394 e. The number of aromatic nitrogens is 4. The van der Waals surface area contributed by atoms with E-state index in [9.17, 15) is 10.2 Å². The predicted octanol–water partition coefficient (Wildman–Crippen LogP) is -0.312. The lowest BCUT2D eigenvalue weighted by Gasteiger charge is -2.13. The van der Waals surface area contributed by atoms with E-state index in [0.29, 0.717) is 23.4 Å². The van der Waals surface area contributed by atoms with Gasteiger partial charge in [-0.05, 0) is 0 Å². The fourth-order valence-corrected chi connectivity index (χ4v) is 2.37. The van der Waals surface area contributed by atoms with Crippen LogP contribution >= 0.6 is 0 Å². The van der Waals surface area contributed by atoms with Crippen LogP contribution in [0, 0.1) is 0 Å². The number of imidazole rings is 1. The predicted molar refractivity (Wildman–Crippen MR) is 78.8 cm³/mol. The molecule has 1 fully saturated rings. The van der Waals surface area contributed by atoms with Crippen molar-refractivity contribution >= 4 is 23.3 Å². The van der Waals surface area contributed by atoms with Gasteiger partial charge in [-0.3, -0.25) is 4.57 Å². The fraction of sp³-hybridized carbons (Fsp3) is 0.538. The molecule has 2 aromatic heterocycles. The van der Waals surface area contributed by atoms with Crippen molar-refractivity contribution in [3.05, 3.63) is 12.7 Å². The molecule has 2 aromatic rings. The summed E-state index contributed by atoms with van der Waals surface area (Å²) in [6.07, 6.45) is 3.30. The summed E-state index contributed by atoms with van der Waals surface area (Å²) in [6, 6.07) is 0. The molecule has 0 aliphatic carbocycles. The minimum absolute atomic E-state index is 0.225. The number of aliphatic imine (C=N–C) groups is 1. The average molecular weight is 306 g/mol. The minimum atomic E-state index is -0.708. The van der Waals surface area contributed by atoms with Crippen LogP contribution in [0.4, 0.5) is 5.82 Å². The van der Waals surface area contributed by atoms with Crippen molar-refractivity contribution in [3.8, 4) is 0 Å². The zero-order valence-corrected chi connectivity index (χ0v) is 12.4. The molecule has 9 heteroatoms. The van der Waals surface area contributed by atoms with E-state index in [1.807, 2.05) is 14.1 Å². The van der Waals surface area contributed by atoms with Gasteiger partial charge in [-0.1, -0.05) is 0 Å². The molecule has 0 bridgehead atoms. The third-order valence-corrected chi connectivity index (χ3v) is 3.44. The van der Waals surface area contributed by atoms with Gasteiger partial charge in [-0.25, -0.2) is 19.9 Å². The van der Waals surface area contributed by atoms with Gasteiger partial charge in [0.05, 0.1) is 25.4 Å². The number of aliphatic hydroxyl groups is 2. The smallest absolute Gasteiger partial charge is 0.184 e. The summed E-state index contributed by atoms with van der Waals surface area (Å²) in [6.45, 7) is -0.225. The lowest BCUT2D eigenvalue weighted by molar-refractivity contribution is -0.0432. The molecule has 0 spiro atoms. The van der Waals surface area contributed by atoms with E-state index in [0.717, 1.165) is 0 Å². The van der Waals surface area contributed by atoms with Crippen LogP contribution < -0.4 is 0 Å². The molecule has 3 atom stereocenters. The second-order valence-corrected chi connectivity index (χ2v) is 5.34. The summed E-state index contributed by atoms with van der Waals surface area (Å²) >= 11 is 0. The number of fused-ring (bicyclic) bond motifs is 1. The number of hydrogen-bond donors (Lipinski definition) is 2. The van der Waals surface area contributed by atoms with Crippen molar-refractivity contribution in [2.75, 3.05) is 20.7 Å². The van der Waals surface area contributed by atoms with Crippen molar-refractivity contribution < 1.29 is 14.9 Å². The molecule has 118 valence electrons. The lowest BCUT2D eigenvalue weighted by atomic mass is 10.2. The summed E-state index contributed by atoms with van der Waals surface area (Å²) in [4.78, 5) is 18.7. The Balaban J connectivity index is 1.95. The fourth-order valence-electron chi connectivity index (χ4n) is 2.37. The number of nitrogens with zero attached hydrogens (tertiary/aromatic N) is 6. The first kappa shape index (κ1) is 14.8. The monoisotopic (exact) mass is 306 g/mol. The number of ether oxygens (including phenoxy) is 1. The quantitative estimate of drug-likeness (QED) is 0.589. The van der Waals surface area contributed by atoms with E-state index < -0.39 is 18.4 Å². The van der Waals surface area contributed by atoms with E-state index in [4.69, 9.17) is 4.74 Å². The van der Waals surface area contributed by atoms with Gasteiger partial charge in [-0.2, -0.15) is 0 Å². The van der Waals surface area contributed by atoms with Crippen LogP contribution in [0.5, 0.6) is 0 Å². The molecule has 3 rings (SSSR count). The van der Waals surface area contributed by atoms with Crippen molar-refractivity contribution in [3.63, 3.8) is 0 Å². The summed E-state index contributed by atoms with van der Waals surface area (Å²) in [5.74, 6) is 0.467. The van der Waals surface area contributed by atoms with Crippen LogP contribution in [-0.2, 0) is 4.74 Å². The third kappa shape index (κ3) is 2.65. The molecule has 3 heterocycles. The molecule has 22 heavy (non-hydrogen) atoms. The highest BCUT2D eigenvalue weighted by Gasteiger charge is 2.35. The van der Waals surface area contributed by atoms with Crippen LogP contribution in [0.1, 0.15) is 12.6 Å². The van der Waals surface area contributed by atoms with Crippen molar-refractivity contribution in [2.45, 2.75) is 24.9 Å². The Labute approximate surface area is 126 Å². The van der Waals surface area contributed by atoms with Crippen LogP contribution in [0.3, 0.4) is 0 Å². The van der Waals surface area contributed by atoms with E-state index in [2.05, 4.69) is 19.9 Å². The molecule has 2 N–H and O–H groups in total. The Morgan fingerprint density at radius 1 is 1.45 bits per heavy atom. The van der Waals surface area contributed by atoms with Gasteiger partial charge in [0.15, 0.2) is 17.0 Å². The maximum atomic E-state index is 9.85. The Morgan fingerprint density at radius 3 is 2.95 bits per heavy atom. The molecule has 1 aliphatic heterocycles. The molecule has 0 saturated carbocycles. The van der Waals surface area contributed by atoms with Gasteiger partial charge in [0.1, 0.15) is 18.7 Å². The first-order chi connectivity index (χ1) is 10.6. The van der Waals surface area contributed by atoms with Crippen LogP contribution in [0.25, 0.3) is 11.2 Å². The molecule has 0 radical (unpaired) electrons. The molecular weight excluding hydrogens is 288 g/mol. The number of rotatable bonds is 4. The Bertz CT molecular complexity index is 685. The summed E-state index contributed by atoms with van der Waals surface area (Å²) in [7, 11) is 3.73. The molecule has 1 saturated heterocycles. The second-order valence-electron chi connectivity index (χ2n) is 5.34. The molecule has 1 aliphatic rings. The molecule has 0 amide bonds. The average Bonchev–Trinajstić information content (AvgIpc) is 3.08. The highest BCUT2D eigenvalue weighted by Crippen LogP contribution is 2.31. The second kappa shape index (κ2) is 5.95. The SMILES string of the molecule is CN(C)C=Nc1ncnc2c1ncn2[C@@H]1C[C@@H](O)[C@H](CO)O1. The van der Waals surface area contributed by atoms with E-state index >= 15 is 0 Å². The van der Waals surface area contributed by atoms with Crippen LogP contribution in [0.15, 0.2) is 17.6 Å². The highest BCUT2D eigenvalue weighted by molar-refractivity contribution is 5.82. The summed E-state index contributed by atoms with van der Waals surface area (Å²) in [5.41, 5.74) is 1.14. The molecule has 0 aromatic carbocycles. The topological polar surface area (TPSA) is 109 Å². The minimum Gasteiger partial charge on any atom is -0.394 e. The Hall–Kier alpha value is -2.10. The van der Waals surface area contributed by atoms with Crippen molar-refractivity contribution in [1.82, 2.24) is 24.4 Å². The normalized spacial score (nSPS) is 25.4. The first-order valence-corrected chi connectivity index (χ1v) is 6.92. The standard InChI is InChI=1S/C13H18N6O3/c1-18(2)6-17-12-11-13(15-5-14-12)19(7-16-11)10-3-8(21)9(4-20)22-10/h5-10,20-21H,3-4H2,1-2H3/t8-,9+,10+/m1/s1. The van der Waals surface area contributed by atoms with E-state index in [1.54, 1.807) is 22.1 Å². The first-order valence-electron chi connectivity index (χ1n) is 6.92. The van der Waals surface area contributed by atoms with Gasteiger partial charge < -0.3 is 19.8 Å². The van der Waals surface area contributed by atoms with Crippen LogP contribution in [0.2, 0.25) is 0 Å². The summed E-state index contributed by atoms with van der Waals surface area (Å²) < 4.78 is 7.36. The maximum Gasteiger partial charge on any atom is 0.184 e. The lowest BCUT2D eigenvalue weighted by Crippen LogP contribution is -2.24. The van der Waals surface area contributed by atoms with E-state index in [-0.39, 0.29) is 6.61 Å². The summed E-state index contributed by atoms with van der Waals surface area (Å²) in [5, 5.41) is 19.0. The third-order valence-electron chi connectivity index (χ3n) is 3.44. The number of hydrogen-bond acceptors (Lipinski definition) is 7. The van der Waals surface area contributed by atoms with Crippen LogP contribution in [-0.4, -0.2) is 73.9 Å². The molecular formula is C13H18N6O3. The van der Waals surface area contributed by atoms with Gasteiger partial charge >= 0.3 is 0 Å². The van der Waals surface area contributed by atoms with Gasteiger partial charge in [0.25, 0.3) is 0 Å². The van der Waals surface area contributed by atoms with Gasteiger partial charge in [0.2, 0.25) is 0 Å². The zero-order valence-electron chi connectivity index (χ0n) is 12.4. The number of aliphatic hydroxyl groups excluding tert-OH is 2. The highest BCUT2D eigenvalue weighted by atomic mass is 16.5. The van der Waals surface area contributed by atoms with Gasteiger partial charge in [0, 0.05) is 20.5 Å². The van der Waals surface area contributed by atoms with Gasteiger partial charge in [-0.15, -0.1) is 0 Å².